The van der Waals surface area contributed by atoms with Gasteiger partial charge in [0.15, 0.2) is 0 Å². The van der Waals surface area contributed by atoms with Crippen molar-refractivity contribution in [3.8, 4) is 0 Å². The molecule has 0 saturated carbocycles. The number of ether oxygens (including phenoxy) is 1. The van der Waals surface area contributed by atoms with Gasteiger partial charge in [-0.05, 0) is 0 Å². The maximum absolute atomic E-state index is 13.5. The second-order valence-corrected chi connectivity index (χ2v) is 2.84. The van der Waals surface area contributed by atoms with Crippen molar-refractivity contribution < 1.29 is 23.6 Å². The molecule has 0 aromatic carbocycles. The standard InChI is InChI=1S/C7H6FNO4/c8-7(2-12-3-7)5-1-4(6(10)11)13-9-5/h1H,2-3H2,(H,10,11). The summed E-state index contributed by atoms with van der Waals surface area (Å²) in [7, 11) is 0. The van der Waals surface area contributed by atoms with Crippen LogP contribution in [0, 0.1) is 0 Å². The van der Waals surface area contributed by atoms with E-state index in [1.165, 1.54) is 0 Å². The predicted molar refractivity (Wildman–Crippen MR) is 37.1 cm³/mol. The third-order valence-electron chi connectivity index (χ3n) is 1.84. The first kappa shape index (κ1) is 8.18. The average molecular weight is 187 g/mol. The number of alkyl halides is 1. The van der Waals surface area contributed by atoms with E-state index in [2.05, 4.69) is 14.4 Å². The monoisotopic (exact) mass is 187 g/mol. The largest absolute Gasteiger partial charge is 0.475 e. The fourth-order valence-electron chi connectivity index (χ4n) is 1.02. The van der Waals surface area contributed by atoms with Gasteiger partial charge >= 0.3 is 5.97 Å². The van der Waals surface area contributed by atoms with Crippen molar-refractivity contribution in [2.75, 3.05) is 13.2 Å². The van der Waals surface area contributed by atoms with Crippen molar-refractivity contribution in [3.63, 3.8) is 0 Å². The number of carboxylic acids is 1. The number of carboxylic acid groups (broad SMARTS) is 1. The van der Waals surface area contributed by atoms with Crippen molar-refractivity contribution in [2.45, 2.75) is 5.67 Å². The molecule has 13 heavy (non-hydrogen) atoms. The maximum Gasteiger partial charge on any atom is 0.374 e. The van der Waals surface area contributed by atoms with Crippen molar-refractivity contribution in [1.82, 2.24) is 5.16 Å². The summed E-state index contributed by atoms with van der Waals surface area (Å²) in [5.41, 5.74) is -1.69. The number of nitrogens with zero attached hydrogens (tertiary/aromatic N) is 1. The Kier molecular flexibility index (Phi) is 1.59. The van der Waals surface area contributed by atoms with Crippen LogP contribution in [0.3, 0.4) is 0 Å². The number of aromatic carboxylic acids is 1. The van der Waals surface area contributed by atoms with Gasteiger partial charge in [0.05, 0.1) is 13.2 Å². The van der Waals surface area contributed by atoms with Gasteiger partial charge in [-0.2, -0.15) is 0 Å². The van der Waals surface area contributed by atoms with Gasteiger partial charge in [-0.1, -0.05) is 5.16 Å². The van der Waals surface area contributed by atoms with E-state index in [4.69, 9.17) is 5.11 Å². The summed E-state index contributed by atoms with van der Waals surface area (Å²) in [6, 6.07) is 1.07. The molecule has 1 fully saturated rings. The van der Waals surface area contributed by atoms with E-state index < -0.39 is 11.6 Å². The van der Waals surface area contributed by atoms with Gasteiger partial charge in [0.2, 0.25) is 11.4 Å². The van der Waals surface area contributed by atoms with Crippen LogP contribution in [-0.4, -0.2) is 29.4 Å². The fourth-order valence-corrected chi connectivity index (χ4v) is 1.02. The normalized spacial score (nSPS) is 19.5. The topological polar surface area (TPSA) is 72.6 Å². The highest BCUT2D eigenvalue weighted by atomic mass is 19.1. The summed E-state index contributed by atoms with van der Waals surface area (Å²) in [6.07, 6.45) is 0. The summed E-state index contributed by atoms with van der Waals surface area (Å²) in [6.45, 7) is -0.197. The lowest BCUT2D eigenvalue weighted by molar-refractivity contribution is -0.138. The first-order chi connectivity index (χ1) is 6.12. The number of carbonyl (C=O) groups is 1. The predicted octanol–water partition coefficient (Wildman–Crippen LogP) is 0.568. The quantitative estimate of drug-likeness (QED) is 0.732. The minimum atomic E-state index is -1.67. The molecule has 0 amide bonds. The molecule has 1 aliphatic heterocycles. The van der Waals surface area contributed by atoms with E-state index in [0.717, 1.165) is 6.07 Å². The van der Waals surface area contributed by atoms with Crippen LogP contribution in [0.5, 0.6) is 0 Å². The second kappa shape index (κ2) is 2.53. The lowest BCUT2D eigenvalue weighted by Crippen LogP contribution is -2.42. The molecule has 0 spiro atoms. The number of halogens is 1. The van der Waals surface area contributed by atoms with Crippen LogP contribution in [-0.2, 0) is 10.4 Å². The summed E-state index contributed by atoms with van der Waals surface area (Å²) in [5.74, 6) is -1.62. The lowest BCUT2D eigenvalue weighted by atomic mass is 10.0. The molecular formula is C7H6FNO4. The minimum absolute atomic E-state index is 0.0175. The third-order valence-corrected chi connectivity index (χ3v) is 1.84. The maximum atomic E-state index is 13.5. The van der Waals surface area contributed by atoms with Crippen molar-refractivity contribution >= 4 is 5.97 Å². The van der Waals surface area contributed by atoms with E-state index in [1.807, 2.05) is 0 Å². The SMILES string of the molecule is O=C(O)c1cc(C2(F)COC2)no1. The first-order valence-electron chi connectivity index (χ1n) is 3.59. The summed E-state index contributed by atoms with van der Waals surface area (Å²) < 4.78 is 22.5. The lowest BCUT2D eigenvalue weighted by Gasteiger charge is -2.31. The molecule has 0 atom stereocenters. The van der Waals surface area contributed by atoms with Crippen molar-refractivity contribution in [1.29, 1.82) is 0 Å². The average Bonchev–Trinajstić information content (AvgIpc) is 2.48. The van der Waals surface area contributed by atoms with E-state index in [9.17, 15) is 9.18 Å². The van der Waals surface area contributed by atoms with Gasteiger partial charge in [0, 0.05) is 6.07 Å². The van der Waals surface area contributed by atoms with Gasteiger partial charge in [-0.3, -0.25) is 0 Å². The van der Waals surface area contributed by atoms with E-state index in [-0.39, 0.29) is 24.7 Å². The molecule has 0 unspecified atom stereocenters. The summed E-state index contributed by atoms with van der Waals surface area (Å²) >= 11 is 0. The third kappa shape index (κ3) is 1.19. The fraction of sp³-hybridized carbons (Fsp3) is 0.429. The summed E-state index contributed by atoms with van der Waals surface area (Å²) in [4.78, 5) is 10.4. The van der Waals surface area contributed by atoms with Gasteiger partial charge in [-0.15, -0.1) is 0 Å². The Morgan fingerprint density at radius 2 is 2.38 bits per heavy atom. The Labute approximate surface area is 72.1 Å². The minimum Gasteiger partial charge on any atom is -0.475 e. The first-order valence-corrected chi connectivity index (χ1v) is 3.59. The Balaban J connectivity index is 2.27. The van der Waals surface area contributed by atoms with Crippen LogP contribution >= 0.6 is 0 Å². The van der Waals surface area contributed by atoms with Crippen LogP contribution in [0.4, 0.5) is 4.39 Å². The van der Waals surface area contributed by atoms with Crippen LogP contribution < -0.4 is 0 Å². The number of hydrogen-bond donors (Lipinski definition) is 1. The number of hydrogen-bond acceptors (Lipinski definition) is 4. The van der Waals surface area contributed by atoms with Gasteiger partial charge in [0.1, 0.15) is 5.69 Å². The van der Waals surface area contributed by atoms with Crippen molar-refractivity contribution in [2.24, 2.45) is 0 Å². The van der Waals surface area contributed by atoms with Gasteiger partial charge in [-0.25, -0.2) is 9.18 Å². The Hall–Kier alpha value is -1.43. The summed E-state index contributed by atoms with van der Waals surface area (Å²) in [5, 5.41) is 11.8. The molecule has 2 heterocycles. The smallest absolute Gasteiger partial charge is 0.374 e. The molecule has 1 aromatic rings. The molecule has 0 bridgehead atoms. The highest BCUT2D eigenvalue weighted by Crippen LogP contribution is 2.33. The molecule has 0 radical (unpaired) electrons. The van der Waals surface area contributed by atoms with Crippen molar-refractivity contribution in [3.05, 3.63) is 17.5 Å². The molecular weight excluding hydrogens is 181 g/mol. The van der Waals surface area contributed by atoms with Crippen LogP contribution in [0.2, 0.25) is 0 Å². The number of rotatable bonds is 2. The highest BCUT2D eigenvalue weighted by molar-refractivity contribution is 5.84. The molecule has 1 saturated heterocycles. The molecule has 2 rings (SSSR count). The van der Waals surface area contributed by atoms with E-state index >= 15 is 0 Å². The van der Waals surface area contributed by atoms with E-state index in [1.54, 1.807) is 0 Å². The molecule has 70 valence electrons. The Bertz CT molecular complexity index is 344. The Morgan fingerprint density at radius 3 is 2.77 bits per heavy atom. The zero-order valence-electron chi connectivity index (χ0n) is 6.49. The van der Waals surface area contributed by atoms with E-state index in [0.29, 0.717) is 0 Å². The van der Waals surface area contributed by atoms with Crippen LogP contribution in [0.15, 0.2) is 10.6 Å². The molecule has 1 N–H and O–H groups in total. The molecule has 1 aliphatic rings. The number of aromatic nitrogens is 1. The molecule has 1 aromatic heterocycles. The van der Waals surface area contributed by atoms with Crippen LogP contribution in [0.25, 0.3) is 0 Å². The van der Waals surface area contributed by atoms with Gasteiger partial charge < -0.3 is 14.4 Å². The zero-order chi connectivity index (χ0) is 9.47. The molecule has 6 heteroatoms. The van der Waals surface area contributed by atoms with Gasteiger partial charge in [0.25, 0.3) is 0 Å². The Morgan fingerprint density at radius 1 is 1.69 bits per heavy atom. The molecule has 5 nitrogen and oxygen atoms in total. The second-order valence-electron chi connectivity index (χ2n) is 2.84. The zero-order valence-corrected chi connectivity index (χ0v) is 6.49. The highest BCUT2D eigenvalue weighted by Gasteiger charge is 2.44. The molecule has 0 aliphatic carbocycles. The van der Waals surface area contributed by atoms with Crippen LogP contribution in [0.1, 0.15) is 16.2 Å².